The fourth-order valence-electron chi connectivity index (χ4n) is 3.57. The Hall–Kier alpha value is -2.24. The number of hydrogen-bond donors (Lipinski definition) is 0. The SMILES string of the molecule is C=C(C)C(=O)OC(COCCC(CC)CCC)COc1c(Cl)cc(OC)c2ccccc12. The summed E-state index contributed by atoms with van der Waals surface area (Å²) in [4.78, 5) is 12.1. The van der Waals surface area contributed by atoms with E-state index in [2.05, 4.69) is 20.4 Å². The third-order valence-electron chi connectivity index (χ3n) is 5.42. The fraction of sp³-hybridized carbons (Fsp3) is 0.500. The first-order chi connectivity index (χ1) is 15.4. The molecule has 2 rings (SSSR count). The van der Waals surface area contributed by atoms with Gasteiger partial charge in [0.25, 0.3) is 0 Å². The zero-order valence-corrected chi connectivity index (χ0v) is 20.4. The molecule has 2 atom stereocenters. The van der Waals surface area contributed by atoms with E-state index in [-0.39, 0.29) is 13.2 Å². The number of esters is 1. The van der Waals surface area contributed by atoms with Crippen molar-refractivity contribution in [1.29, 1.82) is 0 Å². The summed E-state index contributed by atoms with van der Waals surface area (Å²) in [6.45, 7) is 10.6. The minimum atomic E-state index is -0.581. The molecular weight excluding hydrogens is 428 g/mol. The smallest absolute Gasteiger partial charge is 0.333 e. The summed E-state index contributed by atoms with van der Waals surface area (Å²) in [5.41, 5.74) is 0.330. The summed E-state index contributed by atoms with van der Waals surface area (Å²) in [5, 5.41) is 2.15. The molecule has 0 saturated heterocycles. The van der Waals surface area contributed by atoms with Crippen molar-refractivity contribution in [3.05, 3.63) is 47.5 Å². The van der Waals surface area contributed by atoms with E-state index in [1.54, 1.807) is 20.1 Å². The number of ether oxygens (including phenoxy) is 4. The first-order valence-electron chi connectivity index (χ1n) is 11.2. The Bertz CT molecular complexity index is 895. The number of carbonyl (C=O) groups is 1. The molecule has 0 aliphatic rings. The lowest BCUT2D eigenvalue weighted by Crippen LogP contribution is -2.30. The van der Waals surface area contributed by atoms with Gasteiger partial charge in [0.1, 0.15) is 18.1 Å². The second-order valence-corrected chi connectivity index (χ2v) is 8.39. The largest absolute Gasteiger partial charge is 0.496 e. The standard InChI is InChI=1S/C26H35ClO5/c1-6-10-19(7-2)13-14-30-16-20(32-26(28)18(3)4)17-31-25-22-12-9-8-11-21(22)24(29-5)15-23(25)27/h8-9,11-12,15,19-20H,3,6-7,10,13-14,16-17H2,1-2,4-5H3. The lowest BCUT2D eigenvalue weighted by Gasteiger charge is -2.21. The Labute approximate surface area is 196 Å². The molecule has 0 saturated carbocycles. The van der Waals surface area contributed by atoms with E-state index in [1.165, 1.54) is 12.8 Å². The van der Waals surface area contributed by atoms with Gasteiger partial charge in [-0.2, -0.15) is 0 Å². The summed E-state index contributed by atoms with van der Waals surface area (Å²) in [6.07, 6.45) is 3.91. The lowest BCUT2D eigenvalue weighted by atomic mass is 9.98. The van der Waals surface area contributed by atoms with Gasteiger partial charge in [0.05, 0.1) is 18.7 Å². The Morgan fingerprint density at radius 2 is 1.84 bits per heavy atom. The molecule has 0 amide bonds. The number of benzene rings is 2. The van der Waals surface area contributed by atoms with Crippen LogP contribution in [0.4, 0.5) is 0 Å². The highest BCUT2D eigenvalue weighted by Gasteiger charge is 2.19. The molecular formula is C26H35ClO5. The van der Waals surface area contributed by atoms with Gasteiger partial charge in [0.15, 0.2) is 6.10 Å². The van der Waals surface area contributed by atoms with Crippen LogP contribution in [0.3, 0.4) is 0 Å². The molecule has 0 fully saturated rings. The van der Waals surface area contributed by atoms with E-state index in [0.717, 1.165) is 23.6 Å². The molecule has 0 aromatic heterocycles. The first-order valence-corrected chi connectivity index (χ1v) is 11.6. The Morgan fingerprint density at radius 1 is 1.12 bits per heavy atom. The van der Waals surface area contributed by atoms with Crippen molar-refractivity contribution in [3.8, 4) is 11.5 Å². The number of fused-ring (bicyclic) bond motifs is 1. The Balaban J connectivity index is 2.09. The van der Waals surface area contributed by atoms with E-state index in [1.807, 2.05) is 24.3 Å². The molecule has 2 unspecified atom stereocenters. The van der Waals surface area contributed by atoms with Crippen molar-refractivity contribution in [3.63, 3.8) is 0 Å². The average molecular weight is 463 g/mol. The molecule has 0 N–H and O–H groups in total. The average Bonchev–Trinajstić information content (AvgIpc) is 2.79. The van der Waals surface area contributed by atoms with Crippen molar-refractivity contribution in [2.75, 3.05) is 26.9 Å². The van der Waals surface area contributed by atoms with Crippen molar-refractivity contribution in [2.24, 2.45) is 5.92 Å². The lowest BCUT2D eigenvalue weighted by molar-refractivity contribution is -0.149. The van der Waals surface area contributed by atoms with Crippen LogP contribution >= 0.6 is 11.6 Å². The minimum Gasteiger partial charge on any atom is -0.496 e. The summed E-state index contributed by atoms with van der Waals surface area (Å²) < 4.78 is 22.9. The van der Waals surface area contributed by atoms with Gasteiger partial charge in [-0.3, -0.25) is 0 Å². The molecule has 176 valence electrons. The van der Waals surface area contributed by atoms with Crippen LogP contribution in [0.15, 0.2) is 42.5 Å². The van der Waals surface area contributed by atoms with Crippen LogP contribution in [0.25, 0.3) is 10.8 Å². The summed E-state index contributed by atoms with van der Waals surface area (Å²) in [7, 11) is 1.60. The predicted octanol–water partition coefficient (Wildman–Crippen LogP) is 6.60. The summed E-state index contributed by atoms with van der Waals surface area (Å²) in [6, 6.07) is 9.43. The third kappa shape index (κ3) is 7.42. The normalized spacial score (nSPS) is 12.9. The van der Waals surface area contributed by atoms with Gasteiger partial charge in [0.2, 0.25) is 0 Å². The molecule has 0 aliphatic carbocycles. The molecule has 5 nitrogen and oxygen atoms in total. The molecule has 2 aromatic carbocycles. The zero-order chi connectivity index (χ0) is 23.5. The monoisotopic (exact) mass is 462 g/mol. The maximum atomic E-state index is 12.1. The van der Waals surface area contributed by atoms with Gasteiger partial charge in [-0.15, -0.1) is 0 Å². The van der Waals surface area contributed by atoms with Crippen molar-refractivity contribution >= 4 is 28.3 Å². The second-order valence-electron chi connectivity index (χ2n) is 7.98. The van der Waals surface area contributed by atoms with Gasteiger partial charge in [-0.1, -0.05) is 75.6 Å². The first kappa shape index (κ1) is 26.0. The molecule has 32 heavy (non-hydrogen) atoms. The highest BCUT2D eigenvalue weighted by Crippen LogP contribution is 2.39. The van der Waals surface area contributed by atoms with E-state index in [9.17, 15) is 4.79 Å². The van der Waals surface area contributed by atoms with Gasteiger partial charge < -0.3 is 18.9 Å². The van der Waals surface area contributed by atoms with Gasteiger partial charge in [-0.25, -0.2) is 4.79 Å². The molecule has 0 bridgehead atoms. The van der Waals surface area contributed by atoms with Crippen molar-refractivity contribution in [1.82, 2.24) is 0 Å². The van der Waals surface area contributed by atoms with Crippen LogP contribution in [0.5, 0.6) is 11.5 Å². The third-order valence-corrected chi connectivity index (χ3v) is 5.70. The number of hydrogen-bond acceptors (Lipinski definition) is 5. The zero-order valence-electron chi connectivity index (χ0n) is 19.6. The van der Waals surface area contributed by atoms with E-state index < -0.39 is 12.1 Å². The van der Waals surface area contributed by atoms with E-state index in [4.69, 9.17) is 30.5 Å². The molecule has 0 aliphatic heterocycles. The van der Waals surface area contributed by atoms with Crippen LogP contribution in [0.2, 0.25) is 5.02 Å². The van der Waals surface area contributed by atoms with Gasteiger partial charge in [0, 0.05) is 29.0 Å². The van der Waals surface area contributed by atoms with Crippen LogP contribution in [-0.4, -0.2) is 39.0 Å². The van der Waals surface area contributed by atoms with Crippen LogP contribution in [0, 0.1) is 5.92 Å². The Kier molecular flexibility index (Phi) is 10.8. The molecule has 0 heterocycles. The molecule has 0 radical (unpaired) electrons. The van der Waals surface area contributed by atoms with Crippen LogP contribution in [0.1, 0.15) is 46.5 Å². The number of halogens is 1. The van der Waals surface area contributed by atoms with Gasteiger partial charge >= 0.3 is 5.97 Å². The van der Waals surface area contributed by atoms with Crippen LogP contribution < -0.4 is 9.47 Å². The maximum absolute atomic E-state index is 12.1. The van der Waals surface area contributed by atoms with Crippen molar-refractivity contribution in [2.45, 2.75) is 52.6 Å². The number of rotatable bonds is 14. The predicted molar refractivity (Wildman–Crippen MR) is 130 cm³/mol. The van der Waals surface area contributed by atoms with E-state index >= 15 is 0 Å². The summed E-state index contributed by atoms with van der Waals surface area (Å²) in [5.74, 6) is 1.37. The van der Waals surface area contributed by atoms with Crippen LogP contribution in [-0.2, 0) is 14.3 Å². The number of carbonyl (C=O) groups excluding carboxylic acids is 1. The minimum absolute atomic E-state index is 0.112. The Morgan fingerprint density at radius 3 is 2.47 bits per heavy atom. The quantitative estimate of drug-likeness (QED) is 0.180. The van der Waals surface area contributed by atoms with Crippen molar-refractivity contribution < 1.29 is 23.7 Å². The molecule has 2 aromatic rings. The highest BCUT2D eigenvalue weighted by molar-refractivity contribution is 6.33. The molecule has 6 heteroatoms. The maximum Gasteiger partial charge on any atom is 0.333 e. The van der Waals surface area contributed by atoms with Gasteiger partial charge in [-0.05, 0) is 19.3 Å². The molecule has 0 spiro atoms. The summed E-state index contributed by atoms with van der Waals surface area (Å²) >= 11 is 6.48. The van der Waals surface area contributed by atoms with E-state index in [0.29, 0.717) is 34.6 Å². The fourth-order valence-corrected chi connectivity index (χ4v) is 3.82. The second kappa shape index (κ2) is 13.3. The highest BCUT2D eigenvalue weighted by atomic mass is 35.5. The topological polar surface area (TPSA) is 54.0 Å². The number of methoxy groups -OCH3 is 1.